The molecule has 0 saturated carbocycles. The molecule has 6 heterocycles. The fourth-order valence-electron chi connectivity index (χ4n) is 3.31. The van der Waals surface area contributed by atoms with Gasteiger partial charge in [0.25, 0.3) is 5.91 Å². The van der Waals surface area contributed by atoms with Crippen molar-refractivity contribution in [1.82, 2.24) is 15.0 Å². The normalized spacial score (nSPS) is 13.1. The Bertz CT molecular complexity index is 1420. The summed E-state index contributed by atoms with van der Waals surface area (Å²) >= 11 is 6.14. The van der Waals surface area contributed by atoms with Gasteiger partial charge in [-0.2, -0.15) is 0 Å². The molecule has 0 atom stereocenters. The van der Waals surface area contributed by atoms with E-state index in [1.54, 1.807) is 35.1 Å². The number of thiazole rings is 2. The van der Waals surface area contributed by atoms with Crippen LogP contribution in [0.1, 0.15) is 20.8 Å². The number of aromatic amines is 1. The molecule has 10 heteroatoms. The van der Waals surface area contributed by atoms with E-state index in [0.717, 1.165) is 29.5 Å². The number of thiophene rings is 2. The van der Waals surface area contributed by atoms with E-state index < -0.39 is 0 Å². The van der Waals surface area contributed by atoms with Crippen LogP contribution < -0.4 is 0 Å². The molecule has 6 rings (SSSR count). The Morgan fingerprint density at radius 2 is 1.47 bits per heavy atom. The smallest absolute Gasteiger partial charge is 0.280 e. The summed E-state index contributed by atoms with van der Waals surface area (Å²) < 4.78 is 0. The van der Waals surface area contributed by atoms with E-state index in [1.165, 1.54) is 22.7 Å². The van der Waals surface area contributed by atoms with E-state index in [2.05, 4.69) is 19.9 Å². The molecule has 0 fully saturated rings. The molecule has 0 unspecified atom stereocenters. The Balaban J connectivity index is 1.42. The number of nitrogens with one attached hydrogen (secondary N) is 1. The SMILES string of the molecule is O=C1N=C(c2cnc(-c3cccs3)s2)c2c(O)[nH]c(-c3cnc(-c4cccs4)s3)c21. The van der Waals surface area contributed by atoms with Crippen LogP contribution in [-0.4, -0.2) is 31.7 Å². The monoisotopic (exact) mass is 466 g/mol. The van der Waals surface area contributed by atoms with Crippen LogP contribution in [0.3, 0.4) is 0 Å². The molecule has 30 heavy (non-hydrogen) atoms. The second-order valence-electron chi connectivity index (χ2n) is 6.38. The standard InChI is InChI=1S/C20H10N4O2S4/c25-17-13-14(16(24-17)12-8-22-20(30-12)10-4-2-6-28-10)18(26)23-15(13)11-7-21-19(29-11)9-3-1-5-27-9/h1-8,23,26H. The van der Waals surface area contributed by atoms with E-state index in [0.29, 0.717) is 22.5 Å². The summed E-state index contributed by atoms with van der Waals surface area (Å²) in [5, 5.41) is 16.4. The first-order valence-corrected chi connectivity index (χ1v) is 12.2. The molecule has 1 amide bonds. The van der Waals surface area contributed by atoms with Gasteiger partial charge in [-0.15, -0.1) is 45.3 Å². The van der Waals surface area contributed by atoms with Crippen molar-refractivity contribution in [3.8, 4) is 36.2 Å². The highest BCUT2D eigenvalue weighted by atomic mass is 32.1. The minimum atomic E-state index is -0.372. The van der Waals surface area contributed by atoms with Crippen LogP contribution >= 0.6 is 45.3 Å². The maximum Gasteiger partial charge on any atom is 0.280 e. The van der Waals surface area contributed by atoms with Crippen LogP contribution in [0.4, 0.5) is 0 Å². The molecule has 6 nitrogen and oxygen atoms in total. The molecule has 5 aromatic rings. The van der Waals surface area contributed by atoms with Gasteiger partial charge in [-0.3, -0.25) is 4.79 Å². The highest BCUT2D eigenvalue weighted by molar-refractivity contribution is 7.23. The van der Waals surface area contributed by atoms with E-state index in [1.807, 2.05) is 35.0 Å². The second kappa shape index (κ2) is 6.81. The zero-order valence-electron chi connectivity index (χ0n) is 14.9. The zero-order chi connectivity index (χ0) is 20.2. The minimum absolute atomic E-state index is 0.0678. The molecule has 1 aliphatic rings. The van der Waals surface area contributed by atoms with Crippen molar-refractivity contribution >= 4 is 57.0 Å². The number of aliphatic imine (C=N–C) groups is 1. The first-order chi connectivity index (χ1) is 14.7. The summed E-state index contributed by atoms with van der Waals surface area (Å²) in [7, 11) is 0. The van der Waals surface area contributed by atoms with Crippen LogP contribution in [0.25, 0.3) is 30.3 Å². The number of amides is 1. The lowest BCUT2D eigenvalue weighted by molar-refractivity contribution is 0.101. The number of H-pyrrole nitrogens is 1. The van der Waals surface area contributed by atoms with Gasteiger partial charge < -0.3 is 10.1 Å². The Morgan fingerprint density at radius 3 is 2.10 bits per heavy atom. The number of rotatable bonds is 4. The lowest BCUT2D eigenvalue weighted by Gasteiger charge is -1.95. The number of fused-ring (bicyclic) bond motifs is 1. The predicted octanol–water partition coefficient (Wildman–Crippen LogP) is 5.75. The largest absolute Gasteiger partial charge is 0.494 e. The summed E-state index contributed by atoms with van der Waals surface area (Å²) in [4.78, 5) is 32.6. The first-order valence-electron chi connectivity index (χ1n) is 8.77. The fraction of sp³-hybridized carbons (Fsp3) is 0. The molecule has 0 aliphatic carbocycles. The van der Waals surface area contributed by atoms with Crippen LogP contribution in [0.5, 0.6) is 5.88 Å². The molecular formula is C20H10N4O2S4. The molecule has 146 valence electrons. The van der Waals surface area contributed by atoms with Gasteiger partial charge in [0.1, 0.15) is 10.0 Å². The zero-order valence-corrected chi connectivity index (χ0v) is 18.2. The summed E-state index contributed by atoms with van der Waals surface area (Å²) in [6.07, 6.45) is 3.42. The number of nitrogens with zero attached hydrogens (tertiary/aromatic N) is 3. The lowest BCUT2D eigenvalue weighted by atomic mass is 10.1. The van der Waals surface area contributed by atoms with E-state index in [-0.39, 0.29) is 11.8 Å². The summed E-state index contributed by atoms with van der Waals surface area (Å²) in [6.45, 7) is 0. The van der Waals surface area contributed by atoms with E-state index >= 15 is 0 Å². The van der Waals surface area contributed by atoms with Crippen molar-refractivity contribution in [2.24, 2.45) is 4.99 Å². The predicted molar refractivity (Wildman–Crippen MR) is 122 cm³/mol. The fourth-order valence-corrected chi connectivity index (χ4v) is 6.75. The average Bonchev–Trinajstić information content (AvgIpc) is 3.54. The number of aromatic nitrogens is 3. The van der Waals surface area contributed by atoms with E-state index in [4.69, 9.17) is 0 Å². The number of aromatic hydroxyl groups is 1. The second-order valence-corrected chi connectivity index (χ2v) is 10.3. The summed E-state index contributed by atoms with van der Waals surface area (Å²) in [5.74, 6) is -0.439. The van der Waals surface area contributed by atoms with Crippen LogP contribution in [0.15, 0.2) is 52.4 Å². The van der Waals surface area contributed by atoms with Crippen molar-refractivity contribution in [2.45, 2.75) is 0 Å². The van der Waals surface area contributed by atoms with Crippen LogP contribution in [0.2, 0.25) is 0 Å². The molecule has 0 saturated heterocycles. The molecular weight excluding hydrogens is 457 g/mol. The van der Waals surface area contributed by atoms with Crippen LogP contribution in [-0.2, 0) is 0 Å². The minimum Gasteiger partial charge on any atom is -0.494 e. The van der Waals surface area contributed by atoms with Gasteiger partial charge >= 0.3 is 0 Å². The number of carbonyl (C=O) groups is 1. The number of hydrogen-bond donors (Lipinski definition) is 2. The first kappa shape index (κ1) is 17.9. The van der Waals surface area contributed by atoms with Gasteiger partial charge in [-0.1, -0.05) is 12.1 Å². The third-order valence-corrected chi connectivity index (χ3v) is 8.70. The third kappa shape index (κ3) is 2.72. The quantitative estimate of drug-likeness (QED) is 0.353. The Hall–Kier alpha value is -2.92. The van der Waals surface area contributed by atoms with Gasteiger partial charge in [-0.25, -0.2) is 15.0 Å². The molecule has 2 N–H and O–H groups in total. The van der Waals surface area contributed by atoms with Crippen molar-refractivity contribution in [3.63, 3.8) is 0 Å². The van der Waals surface area contributed by atoms with Crippen molar-refractivity contribution in [1.29, 1.82) is 0 Å². The summed E-state index contributed by atoms with van der Waals surface area (Å²) in [5.41, 5.74) is 1.82. The lowest BCUT2D eigenvalue weighted by Crippen LogP contribution is -1.96. The Kier molecular flexibility index (Phi) is 4.06. The van der Waals surface area contributed by atoms with E-state index in [9.17, 15) is 9.90 Å². The molecule has 1 aliphatic heterocycles. The van der Waals surface area contributed by atoms with Gasteiger partial charge in [0.15, 0.2) is 5.88 Å². The average molecular weight is 467 g/mol. The van der Waals surface area contributed by atoms with Crippen LogP contribution in [0, 0.1) is 0 Å². The molecule has 0 radical (unpaired) electrons. The molecule has 5 aromatic heterocycles. The maximum atomic E-state index is 12.8. The third-order valence-electron chi connectivity index (χ3n) is 4.60. The maximum absolute atomic E-state index is 12.8. The Labute approximate surface area is 185 Å². The van der Waals surface area contributed by atoms with Gasteiger partial charge in [0, 0.05) is 12.4 Å². The van der Waals surface area contributed by atoms with Crippen molar-refractivity contribution in [2.75, 3.05) is 0 Å². The van der Waals surface area contributed by atoms with Crippen molar-refractivity contribution < 1.29 is 9.90 Å². The molecule has 0 bridgehead atoms. The topological polar surface area (TPSA) is 91.2 Å². The van der Waals surface area contributed by atoms with Gasteiger partial charge in [0.2, 0.25) is 0 Å². The summed E-state index contributed by atoms with van der Waals surface area (Å²) in [6, 6.07) is 7.95. The van der Waals surface area contributed by atoms with Gasteiger partial charge in [0.05, 0.1) is 42.0 Å². The number of carbonyl (C=O) groups excluding carboxylic acids is 1. The molecule has 0 aromatic carbocycles. The van der Waals surface area contributed by atoms with Crippen molar-refractivity contribution in [3.05, 3.63) is 63.4 Å². The Morgan fingerprint density at radius 1 is 0.833 bits per heavy atom. The number of hydrogen-bond acceptors (Lipinski definition) is 8. The molecule has 0 spiro atoms. The highest BCUT2D eigenvalue weighted by Gasteiger charge is 2.35. The van der Waals surface area contributed by atoms with Gasteiger partial charge in [-0.05, 0) is 22.9 Å². The highest BCUT2D eigenvalue weighted by Crippen LogP contribution is 2.42.